The van der Waals surface area contributed by atoms with E-state index in [-0.39, 0.29) is 5.92 Å². The van der Waals surface area contributed by atoms with E-state index in [1.54, 1.807) is 13.2 Å². The Morgan fingerprint density at radius 2 is 1.96 bits per heavy atom. The molecule has 0 aliphatic heterocycles. The third-order valence-corrected chi connectivity index (χ3v) is 4.31. The maximum atomic E-state index is 6.25. The molecule has 0 spiro atoms. The van der Waals surface area contributed by atoms with Crippen molar-refractivity contribution in [2.45, 2.75) is 19.4 Å². The molecule has 0 aliphatic carbocycles. The molecule has 1 heterocycles. The van der Waals surface area contributed by atoms with Gasteiger partial charge >= 0.3 is 0 Å². The van der Waals surface area contributed by atoms with Crippen LogP contribution in [-0.4, -0.2) is 29.3 Å². The molecule has 0 fully saturated rings. The van der Waals surface area contributed by atoms with Gasteiger partial charge in [-0.3, -0.25) is 9.67 Å². The summed E-state index contributed by atoms with van der Waals surface area (Å²) in [5.74, 6) is 0.882. The van der Waals surface area contributed by atoms with E-state index >= 15 is 0 Å². The van der Waals surface area contributed by atoms with Gasteiger partial charge in [0, 0.05) is 42.8 Å². The van der Waals surface area contributed by atoms with E-state index in [4.69, 9.17) is 23.2 Å². The smallest absolute Gasteiger partial charge is 0.191 e. The van der Waals surface area contributed by atoms with Gasteiger partial charge in [0.25, 0.3) is 0 Å². The Morgan fingerprint density at radius 1 is 1.26 bits per heavy atom. The second-order valence-electron chi connectivity index (χ2n) is 5.29. The van der Waals surface area contributed by atoms with Crippen LogP contribution in [0.15, 0.2) is 35.5 Å². The maximum Gasteiger partial charge on any atom is 0.191 e. The second-order valence-corrected chi connectivity index (χ2v) is 6.10. The molecular weight excluding hydrogens is 333 g/mol. The van der Waals surface area contributed by atoms with Crippen molar-refractivity contribution in [3.8, 4) is 0 Å². The van der Waals surface area contributed by atoms with Crippen LogP contribution in [0.4, 0.5) is 0 Å². The summed E-state index contributed by atoms with van der Waals surface area (Å²) < 4.78 is 1.83. The normalized spacial score (nSPS) is 13.0. The van der Waals surface area contributed by atoms with Gasteiger partial charge in [-0.05, 0) is 23.8 Å². The predicted octanol–water partition coefficient (Wildman–Crippen LogP) is 3.20. The maximum absolute atomic E-state index is 6.25. The van der Waals surface area contributed by atoms with Gasteiger partial charge in [0.05, 0.1) is 12.2 Å². The van der Waals surface area contributed by atoms with Crippen LogP contribution >= 0.6 is 23.2 Å². The number of rotatable bonds is 5. The molecule has 0 bridgehead atoms. The van der Waals surface area contributed by atoms with Crippen LogP contribution in [0.1, 0.15) is 24.1 Å². The summed E-state index contributed by atoms with van der Waals surface area (Å²) >= 11 is 12.5. The number of aliphatic imine (C=N–C) groups is 1. The minimum absolute atomic E-state index is 0.159. The van der Waals surface area contributed by atoms with Crippen LogP contribution in [0.5, 0.6) is 0 Å². The van der Waals surface area contributed by atoms with E-state index in [1.807, 2.05) is 36.0 Å². The summed E-state index contributed by atoms with van der Waals surface area (Å²) in [6, 6.07) is 7.53. The lowest BCUT2D eigenvalue weighted by atomic mass is 10.0. The molecule has 0 amide bonds. The highest BCUT2D eigenvalue weighted by Gasteiger charge is 2.14. The lowest BCUT2D eigenvalue weighted by molar-refractivity contribution is 0.669. The minimum Gasteiger partial charge on any atom is -0.356 e. The summed E-state index contributed by atoms with van der Waals surface area (Å²) in [6.45, 7) is 3.40. The summed E-state index contributed by atoms with van der Waals surface area (Å²) in [5.41, 5.74) is 2.03. The van der Waals surface area contributed by atoms with Gasteiger partial charge < -0.3 is 10.6 Å². The fraction of sp³-hybridized carbons (Fsp3) is 0.375. The first-order valence-corrected chi connectivity index (χ1v) is 8.13. The minimum atomic E-state index is 0.159. The van der Waals surface area contributed by atoms with Crippen LogP contribution in [0.2, 0.25) is 10.0 Å². The van der Waals surface area contributed by atoms with E-state index in [2.05, 4.69) is 27.6 Å². The first-order valence-electron chi connectivity index (χ1n) is 7.38. The van der Waals surface area contributed by atoms with Gasteiger partial charge in [-0.2, -0.15) is 5.10 Å². The highest BCUT2D eigenvalue weighted by atomic mass is 35.5. The Kier molecular flexibility index (Phi) is 6.30. The van der Waals surface area contributed by atoms with Gasteiger partial charge in [0.1, 0.15) is 0 Å². The second kappa shape index (κ2) is 8.22. The number of guanidine groups is 1. The Balaban J connectivity index is 1.91. The Labute approximate surface area is 146 Å². The summed E-state index contributed by atoms with van der Waals surface area (Å²) in [4.78, 5) is 4.23. The molecule has 1 aromatic carbocycles. The van der Waals surface area contributed by atoms with Gasteiger partial charge in [-0.25, -0.2) is 0 Å². The van der Waals surface area contributed by atoms with Crippen molar-refractivity contribution in [1.82, 2.24) is 20.4 Å². The molecule has 1 atom stereocenters. The molecule has 124 valence electrons. The lowest BCUT2D eigenvalue weighted by Crippen LogP contribution is -2.39. The third kappa shape index (κ3) is 4.62. The molecule has 23 heavy (non-hydrogen) atoms. The first-order chi connectivity index (χ1) is 11.0. The van der Waals surface area contributed by atoms with Crippen LogP contribution in [0.25, 0.3) is 0 Å². The highest BCUT2D eigenvalue weighted by molar-refractivity contribution is 6.36. The van der Waals surface area contributed by atoms with Gasteiger partial charge in [-0.1, -0.05) is 36.2 Å². The zero-order valence-electron chi connectivity index (χ0n) is 13.5. The van der Waals surface area contributed by atoms with Crippen molar-refractivity contribution < 1.29 is 0 Å². The monoisotopic (exact) mass is 353 g/mol. The van der Waals surface area contributed by atoms with Crippen molar-refractivity contribution in [2.24, 2.45) is 12.0 Å². The van der Waals surface area contributed by atoms with Gasteiger partial charge in [-0.15, -0.1) is 0 Å². The molecule has 1 unspecified atom stereocenters. The molecule has 2 aromatic rings. The van der Waals surface area contributed by atoms with E-state index in [1.165, 1.54) is 0 Å². The largest absolute Gasteiger partial charge is 0.356 e. The molecule has 7 heteroatoms. The number of aromatic nitrogens is 2. The number of nitrogens with zero attached hydrogens (tertiary/aromatic N) is 3. The standard InChI is InChI=1S/C16H21Cl2N5/c1-11(15-13(17)5-4-6-14(15)18)9-20-16(19-2)21-10-12-7-8-22-23(12)3/h4-8,11H,9-10H2,1-3H3,(H2,19,20,21). The molecule has 5 nitrogen and oxygen atoms in total. The zero-order valence-corrected chi connectivity index (χ0v) is 15.0. The van der Waals surface area contributed by atoms with Crippen molar-refractivity contribution in [1.29, 1.82) is 0 Å². The predicted molar refractivity (Wildman–Crippen MR) is 96.3 cm³/mol. The van der Waals surface area contributed by atoms with E-state index in [0.29, 0.717) is 23.1 Å². The fourth-order valence-electron chi connectivity index (χ4n) is 2.30. The van der Waals surface area contributed by atoms with Crippen LogP contribution in [0.3, 0.4) is 0 Å². The number of nitrogens with one attached hydrogen (secondary N) is 2. The lowest BCUT2D eigenvalue weighted by Gasteiger charge is -2.18. The van der Waals surface area contributed by atoms with E-state index in [9.17, 15) is 0 Å². The molecule has 0 aliphatic rings. The van der Waals surface area contributed by atoms with Crippen molar-refractivity contribution in [3.05, 3.63) is 51.8 Å². The van der Waals surface area contributed by atoms with Crippen LogP contribution in [0, 0.1) is 0 Å². The molecule has 2 rings (SSSR count). The summed E-state index contributed by atoms with van der Waals surface area (Å²) in [6.07, 6.45) is 1.77. The molecule has 0 radical (unpaired) electrons. The number of halogens is 2. The first kappa shape index (κ1) is 17.6. The van der Waals surface area contributed by atoms with Crippen LogP contribution in [-0.2, 0) is 13.6 Å². The Bertz CT molecular complexity index is 661. The Hall–Kier alpha value is -1.72. The van der Waals surface area contributed by atoms with Gasteiger partial charge in [0.2, 0.25) is 0 Å². The van der Waals surface area contributed by atoms with Crippen LogP contribution < -0.4 is 10.6 Å². The number of aryl methyl sites for hydroxylation is 1. The Morgan fingerprint density at radius 3 is 2.52 bits per heavy atom. The van der Waals surface area contributed by atoms with Crippen molar-refractivity contribution in [2.75, 3.05) is 13.6 Å². The van der Waals surface area contributed by atoms with E-state index < -0.39 is 0 Å². The third-order valence-electron chi connectivity index (χ3n) is 3.65. The topological polar surface area (TPSA) is 54.2 Å². The molecule has 1 aromatic heterocycles. The molecular formula is C16H21Cl2N5. The summed E-state index contributed by atoms with van der Waals surface area (Å²) in [5, 5.41) is 12.1. The average Bonchev–Trinajstić information content (AvgIpc) is 2.92. The SMILES string of the molecule is CN=C(NCc1ccnn1C)NCC(C)c1c(Cl)cccc1Cl. The van der Waals surface area contributed by atoms with Crippen molar-refractivity contribution >= 4 is 29.2 Å². The number of benzene rings is 1. The zero-order chi connectivity index (χ0) is 16.8. The number of hydrogen-bond acceptors (Lipinski definition) is 2. The quantitative estimate of drug-likeness (QED) is 0.641. The highest BCUT2D eigenvalue weighted by Crippen LogP contribution is 2.30. The fourth-order valence-corrected chi connectivity index (χ4v) is 3.07. The molecule has 0 saturated heterocycles. The summed E-state index contributed by atoms with van der Waals surface area (Å²) in [7, 11) is 3.65. The average molecular weight is 354 g/mol. The van der Waals surface area contributed by atoms with Gasteiger partial charge in [0.15, 0.2) is 5.96 Å². The molecule has 0 saturated carbocycles. The van der Waals surface area contributed by atoms with E-state index in [0.717, 1.165) is 17.2 Å². The van der Waals surface area contributed by atoms with Crippen molar-refractivity contribution in [3.63, 3.8) is 0 Å². The number of hydrogen-bond donors (Lipinski definition) is 2. The molecule has 2 N–H and O–H groups in total.